The first-order valence-electron chi connectivity index (χ1n) is 6.78. The Bertz CT molecular complexity index is 939. The number of benzene rings is 2. The van der Waals surface area contributed by atoms with Crippen LogP contribution >= 0.6 is 11.6 Å². The maximum absolute atomic E-state index is 11.0. The van der Waals surface area contributed by atoms with Crippen molar-refractivity contribution in [1.29, 1.82) is 0 Å². The Morgan fingerprint density at radius 3 is 2.32 bits per heavy atom. The smallest absolute Gasteiger partial charge is 0.168 e. The lowest BCUT2D eigenvalue weighted by molar-refractivity contribution is 0.614. The van der Waals surface area contributed by atoms with Gasteiger partial charge in [-0.2, -0.15) is 0 Å². The average molecular weight is 332 g/mol. The van der Waals surface area contributed by atoms with Gasteiger partial charge in [0.15, 0.2) is 10.7 Å². The summed E-state index contributed by atoms with van der Waals surface area (Å²) in [5.41, 5.74) is 4.64. The molecule has 3 nitrogen and oxygen atoms in total. The predicted molar refractivity (Wildman–Crippen MR) is 90.2 cm³/mol. The quantitative estimate of drug-likeness (QED) is 0.718. The fourth-order valence-electron chi connectivity index (χ4n) is 2.60. The summed E-state index contributed by atoms with van der Waals surface area (Å²) in [5.74, 6) is 0. The first kappa shape index (κ1) is 15.0. The zero-order chi connectivity index (χ0) is 15.9. The van der Waals surface area contributed by atoms with E-state index in [4.69, 9.17) is 11.6 Å². The van der Waals surface area contributed by atoms with E-state index < -0.39 is 10.7 Å². The molecule has 0 bridgehead atoms. The Balaban J connectivity index is 2.19. The molecule has 1 aromatic heterocycles. The number of halogens is 1. The Hall–Kier alpha value is -1.91. The molecule has 0 fully saturated rings. The molecular formula is C17H14ClNO2S. The van der Waals surface area contributed by atoms with Crippen LogP contribution in [-0.4, -0.2) is 13.4 Å². The fraction of sp³-hybridized carbons (Fsp3) is 0.118. The molecule has 0 aliphatic carbocycles. The third kappa shape index (κ3) is 2.72. The highest BCUT2D eigenvalue weighted by Crippen LogP contribution is 2.31. The lowest BCUT2D eigenvalue weighted by Gasteiger charge is -2.09. The number of thiol groups is 1. The molecule has 22 heavy (non-hydrogen) atoms. The standard InChI is InChI=1S/C17H14ClNO2S/c1-10-7-11(2)17-14(18)9-15(19-16(17)8-10)12-3-5-13(6-4-12)22(20)21/h3-9,22H,1-2H3. The van der Waals surface area contributed by atoms with Gasteiger partial charge in [-0.25, -0.2) is 13.4 Å². The molecule has 0 atom stereocenters. The van der Waals surface area contributed by atoms with Crippen molar-refractivity contribution in [1.82, 2.24) is 4.98 Å². The zero-order valence-corrected chi connectivity index (χ0v) is 13.8. The highest BCUT2D eigenvalue weighted by atomic mass is 35.5. The summed E-state index contributed by atoms with van der Waals surface area (Å²) in [4.78, 5) is 4.96. The average Bonchev–Trinajstić information content (AvgIpc) is 2.46. The van der Waals surface area contributed by atoms with Crippen LogP contribution in [0.4, 0.5) is 0 Å². The lowest BCUT2D eigenvalue weighted by Crippen LogP contribution is -1.90. The highest BCUT2D eigenvalue weighted by molar-refractivity contribution is 7.72. The predicted octanol–water partition coefficient (Wildman–Crippen LogP) is 4.14. The van der Waals surface area contributed by atoms with Crippen LogP contribution in [0.25, 0.3) is 22.2 Å². The van der Waals surface area contributed by atoms with Gasteiger partial charge in [0.1, 0.15) is 0 Å². The van der Waals surface area contributed by atoms with E-state index in [0.717, 1.165) is 33.3 Å². The van der Waals surface area contributed by atoms with Crippen LogP contribution in [0.3, 0.4) is 0 Å². The van der Waals surface area contributed by atoms with Gasteiger partial charge in [-0.3, -0.25) is 0 Å². The Labute approximate surface area is 135 Å². The summed E-state index contributed by atoms with van der Waals surface area (Å²) in [6, 6.07) is 12.5. The monoisotopic (exact) mass is 331 g/mol. The van der Waals surface area contributed by atoms with Gasteiger partial charge in [-0.05, 0) is 49.2 Å². The number of rotatable bonds is 2. The lowest BCUT2D eigenvalue weighted by atomic mass is 10.0. The molecular weight excluding hydrogens is 318 g/mol. The van der Waals surface area contributed by atoms with E-state index in [2.05, 4.69) is 11.1 Å². The van der Waals surface area contributed by atoms with Gasteiger partial charge in [-0.1, -0.05) is 29.8 Å². The first-order chi connectivity index (χ1) is 10.5. The third-order valence-electron chi connectivity index (χ3n) is 3.58. The van der Waals surface area contributed by atoms with E-state index in [9.17, 15) is 8.42 Å². The largest absolute Gasteiger partial charge is 0.248 e. The molecule has 0 aliphatic heterocycles. The molecule has 0 amide bonds. The topological polar surface area (TPSA) is 47.0 Å². The highest BCUT2D eigenvalue weighted by Gasteiger charge is 2.09. The van der Waals surface area contributed by atoms with Crippen molar-refractivity contribution >= 4 is 33.2 Å². The Morgan fingerprint density at radius 1 is 1.00 bits per heavy atom. The van der Waals surface area contributed by atoms with Crippen LogP contribution in [0.15, 0.2) is 47.4 Å². The normalized spacial score (nSPS) is 11.3. The number of nitrogens with zero attached hydrogens (tertiary/aromatic N) is 1. The molecule has 112 valence electrons. The maximum atomic E-state index is 11.0. The molecule has 1 heterocycles. The van der Waals surface area contributed by atoms with Gasteiger partial charge < -0.3 is 0 Å². The molecule has 5 heteroatoms. The fourth-order valence-corrected chi connectivity index (χ4v) is 3.34. The Morgan fingerprint density at radius 2 is 1.68 bits per heavy atom. The third-order valence-corrected chi connectivity index (χ3v) is 4.59. The van der Waals surface area contributed by atoms with Crippen LogP contribution in [0, 0.1) is 13.8 Å². The van der Waals surface area contributed by atoms with Crippen molar-refractivity contribution in [3.8, 4) is 11.3 Å². The van der Waals surface area contributed by atoms with Gasteiger partial charge in [-0.15, -0.1) is 0 Å². The van der Waals surface area contributed by atoms with E-state index in [-0.39, 0.29) is 4.90 Å². The van der Waals surface area contributed by atoms with Crippen molar-refractivity contribution in [2.45, 2.75) is 18.7 Å². The zero-order valence-electron chi connectivity index (χ0n) is 12.1. The minimum atomic E-state index is -2.57. The number of hydrogen-bond donors (Lipinski definition) is 1. The van der Waals surface area contributed by atoms with E-state index in [1.165, 1.54) is 0 Å². The summed E-state index contributed by atoms with van der Waals surface area (Å²) < 4.78 is 21.9. The molecule has 0 aliphatic rings. The van der Waals surface area contributed by atoms with E-state index in [1.807, 2.05) is 26.0 Å². The van der Waals surface area contributed by atoms with Crippen LogP contribution < -0.4 is 0 Å². The number of aryl methyl sites for hydroxylation is 2. The maximum Gasteiger partial charge on any atom is 0.168 e. The first-order valence-corrected chi connectivity index (χ1v) is 8.33. The van der Waals surface area contributed by atoms with Crippen LogP contribution in [0.2, 0.25) is 5.02 Å². The van der Waals surface area contributed by atoms with Crippen LogP contribution in [0.1, 0.15) is 11.1 Å². The van der Waals surface area contributed by atoms with Crippen molar-refractivity contribution in [2.24, 2.45) is 0 Å². The van der Waals surface area contributed by atoms with Crippen molar-refractivity contribution in [3.05, 3.63) is 58.6 Å². The second-order valence-corrected chi connectivity index (χ2v) is 6.71. The number of aromatic nitrogens is 1. The van der Waals surface area contributed by atoms with Gasteiger partial charge in [0, 0.05) is 10.9 Å². The van der Waals surface area contributed by atoms with Crippen molar-refractivity contribution in [2.75, 3.05) is 0 Å². The van der Waals surface area contributed by atoms with Gasteiger partial charge >= 0.3 is 0 Å². The minimum Gasteiger partial charge on any atom is -0.248 e. The van der Waals surface area contributed by atoms with Gasteiger partial charge in [0.2, 0.25) is 0 Å². The minimum absolute atomic E-state index is 0.289. The summed E-state index contributed by atoms with van der Waals surface area (Å²) >= 11 is 6.41. The molecule has 0 unspecified atom stereocenters. The molecule has 0 saturated carbocycles. The summed E-state index contributed by atoms with van der Waals surface area (Å²) in [6.07, 6.45) is 0. The Kier molecular flexibility index (Phi) is 3.89. The number of hydrogen-bond acceptors (Lipinski definition) is 3. The number of fused-ring (bicyclic) bond motifs is 1. The number of pyridine rings is 1. The summed E-state index contributed by atoms with van der Waals surface area (Å²) in [5, 5.41) is 1.60. The van der Waals surface area contributed by atoms with Crippen molar-refractivity contribution < 1.29 is 8.42 Å². The second kappa shape index (κ2) is 5.71. The van der Waals surface area contributed by atoms with Gasteiger partial charge in [0.05, 0.1) is 21.1 Å². The molecule has 0 N–H and O–H groups in total. The van der Waals surface area contributed by atoms with Crippen molar-refractivity contribution in [3.63, 3.8) is 0 Å². The molecule has 3 rings (SSSR count). The molecule has 0 spiro atoms. The second-order valence-electron chi connectivity index (χ2n) is 5.27. The molecule has 2 aromatic carbocycles. The van der Waals surface area contributed by atoms with E-state index in [1.54, 1.807) is 24.3 Å². The van der Waals surface area contributed by atoms with Crippen LogP contribution in [0.5, 0.6) is 0 Å². The van der Waals surface area contributed by atoms with Crippen LogP contribution in [-0.2, 0) is 10.7 Å². The summed E-state index contributed by atoms with van der Waals surface area (Å²) in [6.45, 7) is 4.04. The van der Waals surface area contributed by atoms with E-state index >= 15 is 0 Å². The molecule has 3 aromatic rings. The van der Waals surface area contributed by atoms with E-state index in [0.29, 0.717) is 5.02 Å². The SMILES string of the molecule is Cc1cc(C)c2c(Cl)cc(-c3ccc([SH](=O)=O)cc3)nc2c1. The summed E-state index contributed by atoms with van der Waals surface area (Å²) in [7, 11) is -2.57. The molecule has 0 saturated heterocycles. The van der Waals surface area contributed by atoms with Gasteiger partial charge in [0.25, 0.3) is 0 Å². The molecule has 0 radical (unpaired) electrons.